The first-order chi connectivity index (χ1) is 11.7. The summed E-state index contributed by atoms with van der Waals surface area (Å²) in [4.78, 5) is 13.3. The first-order valence-corrected chi connectivity index (χ1v) is 8.08. The van der Waals surface area contributed by atoms with Crippen molar-refractivity contribution in [1.29, 1.82) is 0 Å². The van der Waals surface area contributed by atoms with Crippen LogP contribution in [0.2, 0.25) is 0 Å². The summed E-state index contributed by atoms with van der Waals surface area (Å²) in [6, 6.07) is 18.6. The minimum atomic E-state index is 0.0488. The van der Waals surface area contributed by atoms with Gasteiger partial charge in [-0.15, -0.1) is 0 Å². The van der Waals surface area contributed by atoms with Gasteiger partial charge in [0.05, 0.1) is 0 Å². The van der Waals surface area contributed by atoms with Crippen LogP contribution in [0.15, 0.2) is 76.2 Å². The van der Waals surface area contributed by atoms with Gasteiger partial charge in [-0.25, -0.2) is 9.98 Å². The highest BCUT2D eigenvalue weighted by Gasteiger charge is 2.37. The van der Waals surface area contributed by atoms with Crippen molar-refractivity contribution in [3.8, 4) is 0 Å². The van der Waals surface area contributed by atoms with Gasteiger partial charge in [-0.1, -0.05) is 36.4 Å². The molecule has 0 N–H and O–H groups in total. The molecule has 0 bridgehead atoms. The van der Waals surface area contributed by atoms with Crippen molar-refractivity contribution < 1.29 is 0 Å². The van der Waals surface area contributed by atoms with Gasteiger partial charge in [0.1, 0.15) is 6.17 Å². The molecule has 4 heteroatoms. The lowest BCUT2D eigenvalue weighted by molar-refractivity contribution is 0.724. The van der Waals surface area contributed by atoms with Crippen molar-refractivity contribution >= 4 is 24.3 Å². The Hall–Kier alpha value is -2.88. The molecule has 0 aromatic heterocycles. The second kappa shape index (κ2) is 6.71. The number of anilines is 2. The number of aryl methyl sites for hydroxylation is 1. The number of benzene rings is 2. The number of nitrogens with zero attached hydrogens (tertiary/aromatic N) is 4. The van der Waals surface area contributed by atoms with E-state index >= 15 is 0 Å². The van der Waals surface area contributed by atoms with Crippen LogP contribution in [-0.4, -0.2) is 19.1 Å². The molecule has 0 saturated carbocycles. The molecule has 2 aromatic carbocycles. The molecule has 3 rings (SSSR count). The highest BCUT2D eigenvalue weighted by atomic mass is 15.5. The van der Waals surface area contributed by atoms with E-state index in [0.29, 0.717) is 0 Å². The normalized spacial score (nSPS) is 17.9. The number of hydrogen-bond donors (Lipinski definition) is 0. The van der Waals surface area contributed by atoms with E-state index in [9.17, 15) is 0 Å². The van der Waals surface area contributed by atoms with Crippen molar-refractivity contribution in [2.75, 3.05) is 9.80 Å². The van der Waals surface area contributed by atoms with Crippen LogP contribution in [0.1, 0.15) is 19.4 Å². The zero-order chi connectivity index (χ0) is 17.1. The Morgan fingerprint density at radius 3 is 2.25 bits per heavy atom. The highest BCUT2D eigenvalue weighted by Crippen LogP contribution is 2.39. The lowest BCUT2D eigenvalue weighted by Crippen LogP contribution is -2.38. The molecule has 4 nitrogen and oxygen atoms in total. The monoisotopic (exact) mass is 318 g/mol. The molecule has 122 valence electrons. The Kier molecular flexibility index (Phi) is 4.47. The third kappa shape index (κ3) is 2.60. The minimum Gasteiger partial charge on any atom is -0.302 e. The number of aliphatic imine (C=N–C) groups is 2. The number of para-hydroxylation sites is 2. The van der Waals surface area contributed by atoms with Gasteiger partial charge in [0.15, 0.2) is 11.6 Å². The zero-order valence-electron chi connectivity index (χ0n) is 14.3. The van der Waals surface area contributed by atoms with E-state index in [1.54, 1.807) is 6.21 Å². The molecule has 1 heterocycles. The van der Waals surface area contributed by atoms with Crippen LogP contribution in [0.5, 0.6) is 0 Å². The molecule has 0 spiro atoms. The molecule has 1 atom stereocenters. The topological polar surface area (TPSA) is 31.2 Å². The molecule has 0 aliphatic carbocycles. The first-order valence-electron chi connectivity index (χ1n) is 8.08. The average Bonchev–Trinajstić information content (AvgIpc) is 2.88. The van der Waals surface area contributed by atoms with Crippen LogP contribution >= 0.6 is 0 Å². The Balaban J connectivity index is 2.18. The van der Waals surface area contributed by atoms with E-state index in [1.807, 2.05) is 37.3 Å². The van der Waals surface area contributed by atoms with Crippen molar-refractivity contribution in [3.05, 3.63) is 71.8 Å². The largest absolute Gasteiger partial charge is 0.302 e. The Bertz CT molecular complexity index is 792. The van der Waals surface area contributed by atoms with Crippen LogP contribution in [-0.2, 0) is 0 Å². The Morgan fingerprint density at radius 2 is 1.62 bits per heavy atom. The maximum absolute atomic E-state index is 4.59. The molecule has 24 heavy (non-hydrogen) atoms. The molecule has 0 saturated heterocycles. The van der Waals surface area contributed by atoms with E-state index < -0.39 is 0 Å². The van der Waals surface area contributed by atoms with Crippen LogP contribution in [0, 0.1) is 6.92 Å². The van der Waals surface area contributed by atoms with E-state index in [1.165, 1.54) is 5.56 Å². The molecule has 0 unspecified atom stereocenters. The lowest BCUT2D eigenvalue weighted by atomic mass is 10.2. The van der Waals surface area contributed by atoms with Crippen molar-refractivity contribution in [3.63, 3.8) is 0 Å². The minimum absolute atomic E-state index is 0.0488. The molecular formula is C20H22N4. The van der Waals surface area contributed by atoms with E-state index in [0.717, 1.165) is 23.0 Å². The molecule has 0 fully saturated rings. The van der Waals surface area contributed by atoms with Crippen molar-refractivity contribution in [2.24, 2.45) is 9.98 Å². The number of rotatable bonds is 4. The summed E-state index contributed by atoms with van der Waals surface area (Å²) < 4.78 is 0. The molecule has 1 aliphatic rings. The fourth-order valence-electron chi connectivity index (χ4n) is 3.15. The Labute approximate surface area is 143 Å². The van der Waals surface area contributed by atoms with Gasteiger partial charge in [-0.2, -0.15) is 0 Å². The summed E-state index contributed by atoms with van der Waals surface area (Å²) in [5, 5.41) is 0. The van der Waals surface area contributed by atoms with Crippen molar-refractivity contribution in [1.82, 2.24) is 0 Å². The van der Waals surface area contributed by atoms with Gasteiger partial charge < -0.3 is 9.80 Å². The second-order valence-corrected chi connectivity index (χ2v) is 5.69. The van der Waals surface area contributed by atoms with Crippen LogP contribution in [0.3, 0.4) is 0 Å². The van der Waals surface area contributed by atoms with Gasteiger partial charge in [0.25, 0.3) is 0 Å². The Morgan fingerprint density at radius 1 is 0.958 bits per heavy atom. The predicted octanol–water partition coefficient (Wildman–Crippen LogP) is 4.59. The molecule has 0 radical (unpaired) electrons. The zero-order valence-corrected chi connectivity index (χ0v) is 14.3. The fraction of sp³-hybridized carbons (Fsp3) is 0.200. The smallest absolute Gasteiger partial charge is 0.178 e. The van der Waals surface area contributed by atoms with Gasteiger partial charge in [0, 0.05) is 17.6 Å². The van der Waals surface area contributed by atoms with Gasteiger partial charge in [-0.3, -0.25) is 0 Å². The molecular weight excluding hydrogens is 296 g/mol. The first kappa shape index (κ1) is 16.0. The summed E-state index contributed by atoms with van der Waals surface area (Å²) in [5.74, 6) is 1.59. The maximum Gasteiger partial charge on any atom is 0.178 e. The summed E-state index contributed by atoms with van der Waals surface area (Å²) in [7, 11) is 0. The summed E-state index contributed by atoms with van der Waals surface area (Å²) in [6.07, 6.45) is 1.84. The number of hydrogen-bond acceptors (Lipinski definition) is 4. The molecule has 2 aromatic rings. The van der Waals surface area contributed by atoms with Gasteiger partial charge in [-0.05, 0) is 51.3 Å². The lowest BCUT2D eigenvalue weighted by Gasteiger charge is -2.31. The summed E-state index contributed by atoms with van der Waals surface area (Å²) in [5.41, 5.74) is 3.40. The third-order valence-electron chi connectivity index (χ3n) is 4.21. The van der Waals surface area contributed by atoms with Crippen molar-refractivity contribution in [2.45, 2.75) is 26.9 Å². The average molecular weight is 318 g/mol. The van der Waals surface area contributed by atoms with Crippen LogP contribution < -0.4 is 9.80 Å². The van der Waals surface area contributed by atoms with Crippen LogP contribution in [0.25, 0.3) is 0 Å². The van der Waals surface area contributed by atoms with Crippen LogP contribution in [0.4, 0.5) is 11.4 Å². The SMILES string of the molecule is C=NC1=C(/N=C\C)N(c2ccccc2)[C@H](C)N1c1ccccc1C. The highest BCUT2D eigenvalue weighted by molar-refractivity contribution is 5.71. The standard InChI is InChI=1S/C20H22N4/c1-5-22-20-19(21-4)24(18-14-10-9-11-15(18)2)16(3)23(20)17-12-7-6-8-13-17/h5-14,16H,4H2,1-3H3/b22-5-/t16-/m0/s1. The summed E-state index contributed by atoms with van der Waals surface area (Å²) in [6.45, 7) is 9.97. The summed E-state index contributed by atoms with van der Waals surface area (Å²) >= 11 is 0. The van der Waals surface area contributed by atoms with E-state index in [2.05, 4.69) is 64.6 Å². The van der Waals surface area contributed by atoms with Gasteiger partial charge in [0.2, 0.25) is 0 Å². The molecule has 1 aliphatic heterocycles. The van der Waals surface area contributed by atoms with Gasteiger partial charge >= 0.3 is 0 Å². The quantitative estimate of drug-likeness (QED) is 0.772. The fourth-order valence-corrected chi connectivity index (χ4v) is 3.15. The van der Waals surface area contributed by atoms with E-state index in [-0.39, 0.29) is 6.17 Å². The second-order valence-electron chi connectivity index (χ2n) is 5.69. The predicted molar refractivity (Wildman–Crippen MR) is 103 cm³/mol. The third-order valence-corrected chi connectivity index (χ3v) is 4.21. The van der Waals surface area contributed by atoms with E-state index in [4.69, 9.17) is 0 Å². The maximum atomic E-state index is 4.59. The molecule has 0 amide bonds.